The fourth-order valence-electron chi connectivity index (χ4n) is 1.02. The first-order chi connectivity index (χ1) is 5.83. The van der Waals surface area contributed by atoms with E-state index >= 15 is 0 Å². The predicted octanol–water partition coefficient (Wildman–Crippen LogP) is 0.628. The topological polar surface area (TPSA) is 57.0 Å². The van der Waals surface area contributed by atoms with Gasteiger partial charge in [-0.25, -0.2) is 0 Å². The molecular formula is C8H6N2O2. The minimum absolute atomic E-state index is 0.202. The highest BCUT2D eigenvalue weighted by atomic mass is 16.3. The number of amides is 1. The van der Waals surface area contributed by atoms with Crippen molar-refractivity contribution < 1.29 is 9.21 Å². The Morgan fingerprint density at radius 1 is 1.83 bits per heavy atom. The lowest BCUT2D eigenvalue weighted by atomic mass is 10.4. The molecule has 0 saturated carbocycles. The SMILES string of the molecule is N#CC1CN1C(=O)c1ccco1. The lowest BCUT2D eigenvalue weighted by Gasteiger charge is -1.95. The molecule has 0 aromatic carbocycles. The summed E-state index contributed by atoms with van der Waals surface area (Å²) in [5.74, 6) is 0.0966. The number of carbonyl (C=O) groups is 1. The molecule has 2 rings (SSSR count). The number of nitriles is 1. The first-order valence-corrected chi connectivity index (χ1v) is 3.57. The van der Waals surface area contributed by atoms with Gasteiger partial charge >= 0.3 is 0 Å². The molecule has 1 atom stereocenters. The van der Waals surface area contributed by atoms with Gasteiger partial charge in [0.2, 0.25) is 0 Å². The van der Waals surface area contributed by atoms with Crippen molar-refractivity contribution in [3.8, 4) is 6.07 Å². The molecule has 0 aliphatic carbocycles. The fourth-order valence-corrected chi connectivity index (χ4v) is 1.02. The maximum atomic E-state index is 11.3. The van der Waals surface area contributed by atoms with Gasteiger partial charge in [0, 0.05) is 0 Å². The molecule has 0 radical (unpaired) electrons. The van der Waals surface area contributed by atoms with E-state index in [2.05, 4.69) is 0 Å². The van der Waals surface area contributed by atoms with Crippen molar-refractivity contribution in [1.29, 1.82) is 5.26 Å². The van der Waals surface area contributed by atoms with E-state index in [9.17, 15) is 4.79 Å². The normalized spacial score (nSPS) is 20.2. The molecule has 1 aliphatic heterocycles. The van der Waals surface area contributed by atoms with Crippen molar-refractivity contribution in [1.82, 2.24) is 4.90 Å². The van der Waals surface area contributed by atoms with Crippen molar-refractivity contribution in [3.63, 3.8) is 0 Å². The summed E-state index contributed by atoms with van der Waals surface area (Å²) < 4.78 is 4.89. The summed E-state index contributed by atoms with van der Waals surface area (Å²) >= 11 is 0. The maximum Gasteiger partial charge on any atom is 0.290 e. The Balaban J connectivity index is 2.10. The molecule has 4 nitrogen and oxygen atoms in total. The third-order valence-corrected chi connectivity index (χ3v) is 1.75. The van der Waals surface area contributed by atoms with Crippen LogP contribution in [-0.4, -0.2) is 23.4 Å². The van der Waals surface area contributed by atoms with E-state index in [1.54, 1.807) is 12.1 Å². The van der Waals surface area contributed by atoms with Crippen LogP contribution in [0.2, 0.25) is 0 Å². The van der Waals surface area contributed by atoms with Crippen LogP contribution in [0, 0.1) is 11.3 Å². The summed E-state index contributed by atoms with van der Waals surface area (Å²) in [5, 5.41) is 8.45. The summed E-state index contributed by atoms with van der Waals surface area (Å²) in [6.45, 7) is 0.524. The zero-order valence-electron chi connectivity index (χ0n) is 6.23. The van der Waals surface area contributed by atoms with Gasteiger partial charge in [-0.1, -0.05) is 0 Å². The van der Waals surface area contributed by atoms with E-state index in [0.717, 1.165) is 0 Å². The van der Waals surface area contributed by atoms with E-state index < -0.39 is 0 Å². The van der Waals surface area contributed by atoms with Crippen LogP contribution in [0.25, 0.3) is 0 Å². The number of rotatable bonds is 1. The van der Waals surface area contributed by atoms with Gasteiger partial charge in [0.05, 0.1) is 18.9 Å². The predicted molar refractivity (Wildman–Crippen MR) is 39.1 cm³/mol. The lowest BCUT2D eigenvalue weighted by Crippen LogP contribution is -2.11. The van der Waals surface area contributed by atoms with Gasteiger partial charge in [0.15, 0.2) is 5.76 Å². The molecule has 1 aliphatic rings. The van der Waals surface area contributed by atoms with E-state index in [1.165, 1.54) is 11.2 Å². The van der Waals surface area contributed by atoms with Crippen LogP contribution in [0.15, 0.2) is 22.8 Å². The third-order valence-electron chi connectivity index (χ3n) is 1.75. The second-order valence-electron chi connectivity index (χ2n) is 2.58. The summed E-state index contributed by atoms with van der Waals surface area (Å²) in [5.41, 5.74) is 0. The first kappa shape index (κ1) is 6.92. The van der Waals surface area contributed by atoms with Crippen molar-refractivity contribution >= 4 is 5.91 Å². The third kappa shape index (κ3) is 0.957. The van der Waals surface area contributed by atoms with Crippen LogP contribution in [0.4, 0.5) is 0 Å². The number of hydrogen-bond acceptors (Lipinski definition) is 3. The van der Waals surface area contributed by atoms with Gasteiger partial charge in [-0.15, -0.1) is 0 Å². The van der Waals surface area contributed by atoms with Crippen LogP contribution in [0.3, 0.4) is 0 Å². The highest BCUT2D eigenvalue weighted by molar-refractivity contribution is 5.93. The summed E-state index contributed by atoms with van der Waals surface area (Å²) in [6, 6.07) is 4.99. The Morgan fingerprint density at radius 3 is 3.17 bits per heavy atom. The molecule has 4 heteroatoms. The smallest absolute Gasteiger partial charge is 0.290 e. The molecule has 60 valence electrons. The van der Waals surface area contributed by atoms with Gasteiger partial charge in [0.25, 0.3) is 5.91 Å². The fraction of sp³-hybridized carbons (Fsp3) is 0.250. The van der Waals surface area contributed by atoms with Crippen molar-refractivity contribution in [2.45, 2.75) is 6.04 Å². The minimum Gasteiger partial charge on any atom is -0.459 e. The summed E-state index contributed by atoms with van der Waals surface area (Å²) in [7, 11) is 0. The molecule has 1 aromatic heterocycles. The quantitative estimate of drug-likeness (QED) is 0.569. The van der Waals surface area contributed by atoms with E-state index in [0.29, 0.717) is 12.3 Å². The van der Waals surface area contributed by atoms with Crippen molar-refractivity contribution in [3.05, 3.63) is 24.2 Å². The maximum absolute atomic E-state index is 11.3. The zero-order chi connectivity index (χ0) is 8.55. The van der Waals surface area contributed by atoms with Crippen molar-refractivity contribution in [2.24, 2.45) is 0 Å². The average Bonchev–Trinajstić information content (AvgIpc) is 2.68. The second-order valence-corrected chi connectivity index (χ2v) is 2.58. The Morgan fingerprint density at radius 2 is 2.67 bits per heavy atom. The van der Waals surface area contributed by atoms with Crippen LogP contribution in [-0.2, 0) is 0 Å². The minimum atomic E-state index is -0.248. The van der Waals surface area contributed by atoms with Crippen molar-refractivity contribution in [2.75, 3.05) is 6.54 Å². The number of carbonyl (C=O) groups excluding carboxylic acids is 1. The van der Waals surface area contributed by atoms with E-state index in [4.69, 9.17) is 9.68 Å². The Labute approximate surface area is 69.0 Å². The van der Waals surface area contributed by atoms with E-state index in [1.807, 2.05) is 6.07 Å². The number of nitrogens with zero attached hydrogens (tertiary/aromatic N) is 2. The molecule has 1 saturated heterocycles. The zero-order valence-corrected chi connectivity index (χ0v) is 6.23. The molecular weight excluding hydrogens is 156 g/mol. The summed E-state index contributed by atoms with van der Waals surface area (Å²) in [6.07, 6.45) is 1.44. The Bertz CT molecular complexity index is 336. The standard InChI is InChI=1S/C8H6N2O2/c9-4-6-5-10(6)8(11)7-2-1-3-12-7/h1-3,6H,5H2. The molecule has 1 unspecified atom stereocenters. The Hall–Kier alpha value is -1.76. The van der Waals surface area contributed by atoms with Crippen LogP contribution >= 0.6 is 0 Å². The van der Waals surface area contributed by atoms with Gasteiger partial charge in [-0.05, 0) is 12.1 Å². The molecule has 1 aromatic rings. The summed E-state index contributed by atoms with van der Waals surface area (Å²) in [4.78, 5) is 12.8. The highest BCUT2D eigenvalue weighted by Crippen LogP contribution is 2.19. The lowest BCUT2D eigenvalue weighted by molar-refractivity contribution is 0.0850. The van der Waals surface area contributed by atoms with Crippen LogP contribution in [0.1, 0.15) is 10.6 Å². The van der Waals surface area contributed by atoms with Crippen LogP contribution < -0.4 is 0 Å². The van der Waals surface area contributed by atoms with Crippen LogP contribution in [0.5, 0.6) is 0 Å². The monoisotopic (exact) mass is 162 g/mol. The average molecular weight is 162 g/mol. The first-order valence-electron chi connectivity index (χ1n) is 3.57. The molecule has 0 N–H and O–H groups in total. The molecule has 0 bridgehead atoms. The van der Waals surface area contributed by atoms with E-state index in [-0.39, 0.29) is 11.9 Å². The number of hydrogen-bond donors (Lipinski definition) is 0. The largest absolute Gasteiger partial charge is 0.459 e. The van der Waals surface area contributed by atoms with Gasteiger partial charge in [-0.2, -0.15) is 5.26 Å². The van der Waals surface area contributed by atoms with Gasteiger partial charge in [0.1, 0.15) is 6.04 Å². The molecule has 1 amide bonds. The molecule has 12 heavy (non-hydrogen) atoms. The highest BCUT2D eigenvalue weighted by Gasteiger charge is 2.39. The molecule has 0 spiro atoms. The van der Waals surface area contributed by atoms with Gasteiger partial charge < -0.3 is 9.32 Å². The second kappa shape index (κ2) is 2.38. The molecule has 1 fully saturated rings. The molecule has 2 heterocycles. The van der Waals surface area contributed by atoms with Gasteiger partial charge in [-0.3, -0.25) is 4.79 Å². The Kier molecular flexibility index (Phi) is 1.37. The number of furan rings is 1.